The molecule has 0 aromatic heterocycles. The van der Waals surface area contributed by atoms with E-state index in [0.717, 1.165) is 54.9 Å². The van der Waals surface area contributed by atoms with Crippen LogP contribution >= 0.6 is 0 Å². The minimum absolute atomic E-state index is 0.00536. The predicted octanol–water partition coefficient (Wildman–Crippen LogP) is 3.90. The molecule has 300 valence electrons. The molecule has 3 aromatic carbocycles. The van der Waals surface area contributed by atoms with E-state index in [1.54, 1.807) is 54.6 Å². The summed E-state index contributed by atoms with van der Waals surface area (Å²) in [6.45, 7) is 1.72. The maximum atomic E-state index is 14.3. The average Bonchev–Trinajstić information content (AvgIpc) is 4.02. The van der Waals surface area contributed by atoms with Crippen LogP contribution in [0.5, 0.6) is 5.75 Å². The van der Waals surface area contributed by atoms with Crippen LogP contribution in [0.15, 0.2) is 72.8 Å². The SMILES string of the molecule is [2H]C([2H])(c1cccc(C[C@H](C(=O)O)[C@H]2CCNC2)c1)N(CCOc1cccc(C[C@H](C(=O)O)[C@H]2CCNC2)c1)C(=O)Cc1cccc(CC(C(=O)O)[C@H]2CCNC2)c1. The number of nitrogens with zero attached hydrogens (tertiary/aromatic N) is 1. The Labute approximate surface area is 331 Å². The van der Waals surface area contributed by atoms with Gasteiger partial charge in [0.05, 0.1) is 33.5 Å². The third kappa shape index (κ3) is 11.4. The van der Waals surface area contributed by atoms with Crippen LogP contribution in [0.2, 0.25) is 0 Å². The zero-order chi connectivity index (χ0) is 41.2. The molecule has 3 heterocycles. The lowest BCUT2D eigenvalue weighted by molar-refractivity contribution is -0.144. The molecule has 6 rings (SSSR count). The fourth-order valence-electron chi connectivity index (χ4n) is 8.51. The maximum absolute atomic E-state index is 14.3. The Bertz CT molecular complexity index is 1890. The molecule has 12 nitrogen and oxygen atoms in total. The van der Waals surface area contributed by atoms with Crippen LogP contribution in [0, 0.1) is 35.5 Å². The Morgan fingerprint density at radius 1 is 0.643 bits per heavy atom. The second kappa shape index (κ2) is 19.9. The molecule has 12 heteroatoms. The lowest BCUT2D eigenvalue weighted by atomic mass is 9.86. The minimum atomic E-state index is -2.32. The standard InChI is InChI=1S/C44H56N4O8/c49-41(24-31-6-1-4-29(18-31)21-38(42(50)51)34-10-13-45-25-34)48(28-33-8-2-5-30(19-33)22-39(43(52)53)35-11-14-46-26-35)16-17-56-37-9-3-7-32(20-37)23-40(44(54)55)36-12-15-47-27-36/h1-9,18-20,34-36,38-40,45-47H,10-17,21-28H2,(H,50,51)(H,52,53)(H,54,55)/t34-,35-,36-,38?,39-,40-/m0/s1/i28D2. The third-order valence-electron chi connectivity index (χ3n) is 11.6. The van der Waals surface area contributed by atoms with E-state index in [2.05, 4.69) is 16.0 Å². The molecule has 3 aliphatic heterocycles. The van der Waals surface area contributed by atoms with Crippen molar-refractivity contribution in [2.75, 3.05) is 52.4 Å². The zero-order valence-electron chi connectivity index (χ0n) is 33.8. The van der Waals surface area contributed by atoms with Crippen molar-refractivity contribution in [3.63, 3.8) is 0 Å². The highest BCUT2D eigenvalue weighted by atomic mass is 16.5. The number of nitrogens with one attached hydrogen (secondary N) is 3. The number of hydrogen-bond acceptors (Lipinski definition) is 8. The number of carbonyl (C=O) groups is 4. The summed E-state index contributed by atoms with van der Waals surface area (Å²) in [5, 5.41) is 39.8. The highest BCUT2D eigenvalue weighted by Gasteiger charge is 2.33. The van der Waals surface area contributed by atoms with Gasteiger partial charge in [-0.3, -0.25) is 19.2 Å². The first-order valence-electron chi connectivity index (χ1n) is 20.9. The van der Waals surface area contributed by atoms with E-state index in [4.69, 9.17) is 4.74 Å². The molecule has 0 aliphatic carbocycles. The second-order valence-corrected chi connectivity index (χ2v) is 15.6. The van der Waals surface area contributed by atoms with E-state index in [-0.39, 0.29) is 49.3 Å². The average molecular weight is 771 g/mol. The van der Waals surface area contributed by atoms with Crippen molar-refractivity contribution in [2.24, 2.45) is 35.5 Å². The zero-order valence-corrected chi connectivity index (χ0v) is 31.8. The number of aliphatic carboxylic acids is 3. The van der Waals surface area contributed by atoms with Crippen LogP contribution in [0.25, 0.3) is 0 Å². The van der Waals surface area contributed by atoms with Crippen molar-refractivity contribution in [3.8, 4) is 5.75 Å². The van der Waals surface area contributed by atoms with Crippen LogP contribution in [-0.2, 0) is 51.4 Å². The Morgan fingerprint density at radius 3 is 1.54 bits per heavy atom. The Balaban J connectivity index is 1.21. The Morgan fingerprint density at radius 2 is 1.07 bits per heavy atom. The summed E-state index contributed by atoms with van der Waals surface area (Å²) in [4.78, 5) is 52.1. The summed E-state index contributed by atoms with van der Waals surface area (Å²) in [6, 6.07) is 21.2. The van der Waals surface area contributed by atoms with Gasteiger partial charge in [-0.2, -0.15) is 0 Å². The van der Waals surface area contributed by atoms with Gasteiger partial charge >= 0.3 is 17.9 Å². The van der Waals surface area contributed by atoms with Gasteiger partial charge < -0.3 is 40.9 Å². The minimum Gasteiger partial charge on any atom is -0.492 e. The molecule has 1 unspecified atom stereocenters. The third-order valence-corrected chi connectivity index (χ3v) is 11.6. The van der Waals surface area contributed by atoms with Gasteiger partial charge in [0, 0.05) is 6.50 Å². The number of hydrogen-bond donors (Lipinski definition) is 6. The summed E-state index contributed by atoms with van der Waals surface area (Å²) in [7, 11) is 0. The molecule has 3 saturated heterocycles. The Hall–Kier alpha value is -4.78. The molecule has 6 atom stereocenters. The van der Waals surface area contributed by atoms with E-state index in [1.165, 1.54) is 0 Å². The van der Waals surface area contributed by atoms with Gasteiger partial charge in [-0.15, -0.1) is 0 Å². The molecule has 0 radical (unpaired) electrons. The van der Waals surface area contributed by atoms with Crippen molar-refractivity contribution >= 4 is 23.8 Å². The van der Waals surface area contributed by atoms with Crippen LogP contribution in [0.1, 0.15) is 49.8 Å². The number of carboxylic acid groups (broad SMARTS) is 3. The second-order valence-electron chi connectivity index (χ2n) is 15.6. The predicted molar refractivity (Wildman–Crippen MR) is 211 cm³/mol. The van der Waals surface area contributed by atoms with Crippen LogP contribution in [0.3, 0.4) is 0 Å². The molecule has 3 aliphatic rings. The lowest BCUT2D eigenvalue weighted by Crippen LogP contribution is -2.35. The van der Waals surface area contributed by atoms with Crippen molar-refractivity contribution in [2.45, 2.75) is 51.4 Å². The van der Waals surface area contributed by atoms with Crippen molar-refractivity contribution in [3.05, 3.63) is 101 Å². The van der Waals surface area contributed by atoms with Crippen molar-refractivity contribution in [1.82, 2.24) is 20.9 Å². The summed E-state index contributed by atoms with van der Waals surface area (Å²) in [5.41, 5.74) is 3.08. The lowest BCUT2D eigenvalue weighted by Gasteiger charge is -2.24. The molecule has 0 bridgehead atoms. The fourth-order valence-corrected chi connectivity index (χ4v) is 8.51. The number of carbonyl (C=O) groups excluding carboxylic acids is 1. The first-order valence-corrected chi connectivity index (χ1v) is 19.9. The Kier molecular flexibility index (Phi) is 13.5. The molecule has 3 fully saturated rings. The highest BCUT2D eigenvalue weighted by molar-refractivity contribution is 5.79. The van der Waals surface area contributed by atoms with E-state index in [9.17, 15) is 37.2 Å². The molecule has 6 N–H and O–H groups in total. The van der Waals surface area contributed by atoms with Crippen molar-refractivity contribution < 1.29 is 42.0 Å². The van der Waals surface area contributed by atoms with Gasteiger partial charge in [-0.1, -0.05) is 60.7 Å². The van der Waals surface area contributed by atoms with Gasteiger partial charge in [0.1, 0.15) is 12.4 Å². The van der Waals surface area contributed by atoms with Gasteiger partial charge in [-0.25, -0.2) is 0 Å². The van der Waals surface area contributed by atoms with Crippen LogP contribution < -0.4 is 20.7 Å². The highest BCUT2D eigenvalue weighted by Crippen LogP contribution is 2.27. The van der Waals surface area contributed by atoms with Gasteiger partial charge in [-0.05, 0) is 135 Å². The molecule has 3 aromatic rings. The molecule has 1 amide bonds. The first kappa shape index (κ1) is 38.1. The molecule has 56 heavy (non-hydrogen) atoms. The topological polar surface area (TPSA) is 178 Å². The first-order chi connectivity index (χ1) is 27.9. The van der Waals surface area contributed by atoms with Crippen molar-refractivity contribution in [1.29, 1.82) is 0 Å². The van der Waals surface area contributed by atoms with Gasteiger partial charge in [0.2, 0.25) is 5.91 Å². The fraction of sp³-hybridized carbons (Fsp3) is 0.500. The maximum Gasteiger partial charge on any atom is 0.307 e. The molecule has 0 saturated carbocycles. The summed E-state index contributed by atoms with van der Waals surface area (Å²) < 4.78 is 24.9. The van der Waals surface area contributed by atoms with E-state index < -0.39 is 48.1 Å². The van der Waals surface area contributed by atoms with E-state index >= 15 is 0 Å². The monoisotopic (exact) mass is 770 g/mol. The number of benzene rings is 3. The smallest absolute Gasteiger partial charge is 0.307 e. The summed E-state index contributed by atoms with van der Waals surface area (Å²) >= 11 is 0. The molecule has 0 spiro atoms. The number of rotatable bonds is 20. The summed E-state index contributed by atoms with van der Waals surface area (Å²) in [6.07, 6.45) is 3.05. The number of ether oxygens (including phenoxy) is 1. The summed E-state index contributed by atoms with van der Waals surface area (Å²) in [5.74, 6) is -4.40. The van der Waals surface area contributed by atoms with Crippen LogP contribution in [0.4, 0.5) is 0 Å². The van der Waals surface area contributed by atoms with Crippen LogP contribution in [-0.4, -0.2) is 96.5 Å². The van der Waals surface area contributed by atoms with Gasteiger partial charge in [0.15, 0.2) is 0 Å². The number of carboxylic acids is 3. The molecular formula is C44H56N4O8. The normalized spacial score (nSPS) is 21.8. The molecular weight excluding hydrogens is 713 g/mol. The quantitative estimate of drug-likeness (QED) is 0.0983. The number of amides is 1. The van der Waals surface area contributed by atoms with E-state index in [1.807, 2.05) is 18.2 Å². The van der Waals surface area contributed by atoms with Gasteiger partial charge in [0.25, 0.3) is 0 Å². The largest absolute Gasteiger partial charge is 0.492 e. The van der Waals surface area contributed by atoms with E-state index in [0.29, 0.717) is 49.4 Å².